The van der Waals surface area contributed by atoms with E-state index in [4.69, 9.17) is 9.26 Å². The summed E-state index contributed by atoms with van der Waals surface area (Å²) in [7, 11) is 3.36. The normalized spacial score (nSPS) is 12.1. The number of methoxy groups -OCH3 is 1. The van der Waals surface area contributed by atoms with Crippen molar-refractivity contribution in [3.63, 3.8) is 0 Å². The maximum atomic E-state index is 12.5. The number of aromatic nitrogens is 2. The topological polar surface area (TPSA) is 68.5 Å². The molecule has 0 bridgehead atoms. The van der Waals surface area contributed by atoms with Crippen LogP contribution in [0, 0.1) is 13.8 Å². The summed E-state index contributed by atoms with van der Waals surface area (Å²) in [6, 6.07) is 1.73. The number of carbonyl (C=O) groups is 1. The molecule has 0 aliphatic heterocycles. The van der Waals surface area contributed by atoms with Crippen molar-refractivity contribution in [2.45, 2.75) is 46.6 Å². The number of rotatable bonds is 6. The summed E-state index contributed by atoms with van der Waals surface area (Å²) in [6.07, 6.45) is 2.71. The molecule has 0 aromatic carbocycles. The van der Waals surface area contributed by atoms with Crippen LogP contribution in [0.3, 0.4) is 0 Å². The maximum Gasteiger partial charge on any atom is 0.292 e. The van der Waals surface area contributed by atoms with Crippen molar-refractivity contribution in [2.24, 2.45) is 0 Å². The first-order chi connectivity index (χ1) is 11.4. The van der Waals surface area contributed by atoms with Crippen molar-refractivity contribution in [2.75, 3.05) is 14.2 Å². The number of amides is 1. The van der Waals surface area contributed by atoms with Gasteiger partial charge < -0.3 is 14.2 Å². The molecule has 6 heteroatoms. The lowest BCUT2D eigenvalue weighted by Gasteiger charge is -2.18. The summed E-state index contributed by atoms with van der Waals surface area (Å²) in [4.78, 5) is 18.5. The average molecular weight is 331 g/mol. The third-order valence-electron chi connectivity index (χ3n) is 4.34. The zero-order chi connectivity index (χ0) is 17.9. The summed E-state index contributed by atoms with van der Waals surface area (Å²) in [5.74, 6) is 1.12. The van der Waals surface area contributed by atoms with E-state index in [-0.39, 0.29) is 17.6 Å². The standard InChI is InChI=1S/C18H25N3O3/c1-7-11(2)14-8-16(24-20-14)18(22)21(5)10-15-13(4)17(23-6)12(3)9-19-15/h8-9,11H,7,10H2,1-6H3/t11-/m0/s1. The van der Waals surface area contributed by atoms with Gasteiger partial charge in [0.1, 0.15) is 5.75 Å². The van der Waals surface area contributed by atoms with Crippen LogP contribution in [0.4, 0.5) is 0 Å². The smallest absolute Gasteiger partial charge is 0.292 e. The number of nitrogens with zero attached hydrogens (tertiary/aromatic N) is 3. The fourth-order valence-corrected chi connectivity index (χ4v) is 2.55. The van der Waals surface area contributed by atoms with Gasteiger partial charge in [-0.2, -0.15) is 0 Å². The van der Waals surface area contributed by atoms with E-state index in [1.54, 1.807) is 31.3 Å². The predicted octanol–water partition coefficient (Wildman–Crippen LogP) is 3.48. The molecule has 24 heavy (non-hydrogen) atoms. The van der Waals surface area contributed by atoms with E-state index < -0.39 is 0 Å². The highest BCUT2D eigenvalue weighted by molar-refractivity contribution is 5.91. The lowest BCUT2D eigenvalue weighted by atomic mass is 10.1. The van der Waals surface area contributed by atoms with Gasteiger partial charge >= 0.3 is 0 Å². The van der Waals surface area contributed by atoms with Gasteiger partial charge in [0.15, 0.2) is 0 Å². The third-order valence-corrected chi connectivity index (χ3v) is 4.34. The Morgan fingerprint density at radius 2 is 2.12 bits per heavy atom. The van der Waals surface area contributed by atoms with E-state index in [1.807, 2.05) is 13.8 Å². The summed E-state index contributed by atoms with van der Waals surface area (Å²) in [5, 5.41) is 4.00. The predicted molar refractivity (Wildman–Crippen MR) is 91.3 cm³/mol. The van der Waals surface area contributed by atoms with E-state index >= 15 is 0 Å². The van der Waals surface area contributed by atoms with Gasteiger partial charge in [-0.3, -0.25) is 9.78 Å². The number of hydrogen-bond acceptors (Lipinski definition) is 5. The molecule has 2 aromatic rings. The Morgan fingerprint density at radius 3 is 2.75 bits per heavy atom. The zero-order valence-electron chi connectivity index (χ0n) is 15.2. The van der Waals surface area contributed by atoms with Crippen LogP contribution in [0.2, 0.25) is 0 Å². The molecule has 6 nitrogen and oxygen atoms in total. The highest BCUT2D eigenvalue weighted by Gasteiger charge is 2.21. The van der Waals surface area contributed by atoms with Crippen LogP contribution in [0.15, 0.2) is 16.8 Å². The number of ether oxygens (including phenoxy) is 1. The molecule has 2 rings (SSSR count). The van der Waals surface area contributed by atoms with Crippen LogP contribution < -0.4 is 4.74 Å². The monoisotopic (exact) mass is 331 g/mol. The minimum Gasteiger partial charge on any atom is -0.496 e. The van der Waals surface area contributed by atoms with Crippen molar-refractivity contribution in [1.29, 1.82) is 0 Å². The quantitative estimate of drug-likeness (QED) is 0.810. The lowest BCUT2D eigenvalue weighted by molar-refractivity contribution is 0.0741. The molecule has 1 amide bonds. The zero-order valence-corrected chi connectivity index (χ0v) is 15.2. The average Bonchev–Trinajstić information content (AvgIpc) is 3.06. The molecule has 0 unspecified atom stereocenters. The molecule has 1 atom stereocenters. The van der Waals surface area contributed by atoms with E-state index in [0.29, 0.717) is 6.54 Å². The molecule has 0 N–H and O–H groups in total. The number of hydrogen-bond donors (Lipinski definition) is 0. The van der Waals surface area contributed by atoms with Gasteiger partial charge in [0.05, 0.1) is 25.0 Å². The minimum atomic E-state index is -0.210. The van der Waals surface area contributed by atoms with Crippen molar-refractivity contribution >= 4 is 5.91 Å². The molecule has 0 radical (unpaired) electrons. The molecule has 2 heterocycles. The van der Waals surface area contributed by atoms with Crippen molar-refractivity contribution in [3.05, 3.63) is 40.5 Å². The van der Waals surface area contributed by atoms with Gasteiger partial charge in [-0.05, 0) is 20.3 Å². The van der Waals surface area contributed by atoms with Crippen molar-refractivity contribution in [3.8, 4) is 5.75 Å². The molecule has 0 fully saturated rings. The second-order valence-electron chi connectivity index (χ2n) is 6.13. The van der Waals surface area contributed by atoms with E-state index in [1.165, 1.54) is 0 Å². The second-order valence-corrected chi connectivity index (χ2v) is 6.13. The Bertz CT molecular complexity index is 724. The maximum absolute atomic E-state index is 12.5. The highest BCUT2D eigenvalue weighted by atomic mass is 16.5. The Morgan fingerprint density at radius 1 is 1.42 bits per heavy atom. The highest BCUT2D eigenvalue weighted by Crippen LogP contribution is 2.25. The molecule has 2 aromatic heterocycles. The summed E-state index contributed by atoms with van der Waals surface area (Å²) < 4.78 is 10.6. The van der Waals surface area contributed by atoms with Gasteiger partial charge in [-0.25, -0.2) is 0 Å². The minimum absolute atomic E-state index is 0.210. The first-order valence-electron chi connectivity index (χ1n) is 8.10. The SMILES string of the molecule is CC[C@H](C)c1cc(C(=O)N(C)Cc2ncc(C)c(OC)c2C)on1. The number of carbonyl (C=O) groups excluding carboxylic acids is 1. The Hall–Kier alpha value is -2.37. The Balaban J connectivity index is 2.16. The molecule has 0 saturated heterocycles. The number of pyridine rings is 1. The first-order valence-corrected chi connectivity index (χ1v) is 8.10. The van der Waals surface area contributed by atoms with E-state index in [9.17, 15) is 4.79 Å². The summed E-state index contributed by atoms with van der Waals surface area (Å²) in [5.41, 5.74) is 3.52. The van der Waals surface area contributed by atoms with Crippen LogP contribution in [-0.2, 0) is 6.54 Å². The van der Waals surface area contributed by atoms with Crippen LogP contribution in [0.5, 0.6) is 5.75 Å². The van der Waals surface area contributed by atoms with Crippen molar-refractivity contribution < 1.29 is 14.1 Å². The number of aryl methyl sites for hydroxylation is 1. The largest absolute Gasteiger partial charge is 0.496 e. The van der Waals surface area contributed by atoms with Crippen LogP contribution in [0.25, 0.3) is 0 Å². The molecule has 0 spiro atoms. The van der Waals surface area contributed by atoms with Crippen LogP contribution >= 0.6 is 0 Å². The molecule has 130 valence electrons. The fourth-order valence-electron chi connectivity index (χ4n) is 2.55. The Kier molecular flexibility index (Phi) is 5.59. The summed E-state index contributed by atoms with van der Waals surface area (Å²) >= 11 is 0. The van der Waals surface area contributed by atoms with Crippen LogP contribution in [-0.4, -0.2) is 35.1 Å². The molecule has 0 saturated carbocycles. The van der Waals surface area contributed by atoms with Crippen LogP contribution in [0.1, 0.15) is 59.3 Å². The molecular weight excluding hydrogens is 306 g/mol. The molecule has 0 aliphatic rings. The first kappa shape index (κ1) is 18.0. The molecule has 0 aliphatic carbocycles. The fraction of sp³-hybridized carbons (Fsp3) is 0.500. The van der Waals surface area contributed by atoms with Gasteiger partial charge in [0.25, 0.3) is 5.91 Å². The Labute approximate surface area is 142 Å². The van der Waals surface area contributed by atoms with Gasteiger partial charge in [0.2, 0.25) is 5.76 Å². The van der Waals surface area contributed by atoms with Gasteiger partial charge in [-0.1, -0.05) is 19.0 Å². The van der Waals surface area contributed by atoms with Gasteiger partial charge in [0, 0.05) is 36.4 Å². The van der Waals surface area contributed by atoms with E-state index in [2.05, 4.69) is 24.0 Å². The van der Waals surface area contributed by atoms with Gasteiger partial charge in [-0.15, -0.1) is 0 Å². The van der Waals surface area contributed by atoms with Crippen molar-refractivity contribution in [1.82, 2.24) is 15.0 Å². The van der Waals surface area contributed by atoms with E-state index in [0.717, 1.165) is 34.7 Å². The third kappa shape index (κ3) is 3.58. The second kappa shape index (κ2) is 7.47. The summed E-state index contributed by atoms with van der Waals surface area (Å²) in [6.45, 7) is 8.40. The lowest BCUT2D eigenvalue weighted by Crippen LogP contribution is -2.26. The molecular formula is C18H25N3O3.